The molecular formula is C21H28N3O4S+. The molecule has 2 atom stereocenters. The van der Waals surface area contributed by atoms with E-state index in [-0.39, 0.29) is 22.9 Å². The normalized spacial score (nSPS) is 17.4. The highest BCUT2D eigenvalue weighted by atomic mass is 32.2. The van der Waals surface area contributed by atoms with Crippen molar-refractivity contribution in [1.29, 1.82) is 0 Å². The third-order valence-electron chi connectivity index (χ3n) is 5.03. The van der Waals surface area contributed by atoms with Crippen LogP contribution in [0, 0.1) is 0 Å². The van der Waals surface area contributed by atoms with Crippen molar-refractivity contribution in [3.63, 3.8) is 0 Å². The van der Waals surface area contributed by atoms with Gasteiger partial charge in [-0.3, -0.25) is 4.79 Å². The summed E-state index contributed by atoms with van der Waals surface area (Å²) in [6.45, 7) is 5.34. The summed E-state index contributed by atoms with van der Waals surface area (Å²) in [6, 6.07) is 16.2. The average Bonchev–Trinajstić information content (AvgIpc) is 2.75. The Bertz CT molecular complexity index is 928. The Hall–Kier alpha value is -2.26. The molecule has 0 spiro atoms. The molecule has 7 nitrogen and oxygen atoms in total. The Balaban J connectivity index is 1.65. The molecule has 1 amide bonds. The Morgan fingerprint density at radius 2 is 1.76 bits per heavy atom. The van der Waals surface area contributed by atoms with E-state index in [0.717, 1.165) is 5.56 Å². The molecule has 0 bridgehead atoms. The standard InChI is InChI=1S/C21H27N3O4S/c1-16(18-7-4-3-5-8-18)22-17(2)21(25)23-19-9-6-10-20(15-19)29(26,27)24-11-13-28-14-12-24/h3-10,15-17,22H,11-14H2,1-2H3,(H,23,25)/p+1/t16-,17+/m0/s1. The number of rotatable bonds is 7. The van der Waals surface area contributed by atoms with Crippen molar-refractivity contribution in [2.45, 2.75) is 30.8 Å². The van der Waals surface area contributed by atoms with E-state index < -0.39 is 10.0 Å². The molecule has 1 heterocycles. The molecule has 156 valence electrons. The Morgan fingerprint density at radius 3 is 2.45 bits per heavy atom. The van der Waals surface area contributed by atoms with E-state index in [1.54, 1.807) is 18.2 Å². The fourth-order valence-electron chi connectivity index (χ4n) is 3.31. The van der Waals surface area contributed by atoms with Gasteiger partial charge in [0.05, 0.1) is 18.1 Å². The minimum absolute atomic E-state index is 0.130. The van der Waals surface area contributed by atoms with Gasteiger partial charge in [-0.2, -0.15) is 4.31 Å². The largest absolute Gasteiger partial charge is 0.379 e. The molecule has 1 fully saturated rings. The number of hydrogen-bond acceptors (Lipinski definition) is 4. The van der Waals surface area contributed by atoms with Crippen LogP contribution >= 0.6 is 0 Å². The highest BCUT2D eigenvalue weighted by Gasteiger charge is 2.27. The van der Waals surface area contributed by atoms with Gasteiger partial charge in [0.25, 0.3) is 5.91 Å². The number of nitrogens with zero attached hydrogens (tertiary/aromatic N) is 1. The molecule has 29 heavy (non-hydrogen) atoms. The molecule has 1 saturated heterocycles. The molecular weight excluding hydrogens is 390 g/mol. The van der Waals surface area contributed by atoms with E-state index in [1.807, 2.05) is 42.6 Å². The molecule has 0 aliphatic carbocycles. The maximum Gasteiger partial charge on any atom is 0.282 e. The van der Waals surface area contributed by atoms with Crippen LogP contribution in [0.1, 0.15) is 25.5 Å². The number of carbonyl (C=O) groups excluding carboxylic acids is 1. The Labute approximate surface area is 172 Å². The first-order valence-electron chi connectivity index (χ1n) is 9.76. The zero-order chi connectivity index (χ0) is 20.9. The van der Waals surface area contributed by atoms with Gasteiger partial charge >= 0.3 is 0 Å². The first-order valence-corrected chi connectivity index (χ1v) is 11.2. The lowest BCUT2D eigenvalue weighted by atomic mass is 10.1. The van der Waals surface area contributed by atoms with Gasteiger partial charge in [-0.15, -0.1) is 0 Å². The minimum atomic E-state index is -3.60. The van der Waals surface area contributed by atoms with Crippen molar-refractivity contribution < 1.29 is 23.3 Å². The molecule has 0 aromatic heterocycles. The van der Waals surface area contributed by atoms with Gasteiger partial charge in [0.15, 0.2) is 6.04 Å². The number of morpholine rings is 1. The van der Waals surface area contributed by atoms with Gasteiger partial charge in [0.1, 0.15) is 6.04 Å². The van der Waals surface area contributed by atoms with Crippen LogP contribution in [0.25, 0.3) is 0 Å². The van der Waals surface area contributed by atoms with Gasteiger partial charge in [0, 0.05) is 24.3 Å². The Kier molecular flexibility index (Phi) is 7.02. The molecule has 8 heteroatoms. The molecule has 1 aliphatic heterocycles. The third-order valence-corrected chi connectivity index (χ3v) is 6.92. The molecule has 3 rings (SSSR count). The summed E-state index contributed by atoms with van der Waals surface area (Å²) in [6.07, 6.45) is 0. The Morgan fingerprint density at radius 1 is 1.07 bits per heavy atom. The summed E-state index contributed by atoms with van der Waals surface area (Å²) in [5, 5.41) is 4.82. The van der Waals surface area contributed by atoms with Crippen LogP contribution in [0.2, 0.25) is 0 Å². The lowest BCUT2D eigenvalue weighted by Gasteiger charge is -2.26. The van der Waals surface area contributed by atoms with Crippen LogP contribution in [0.5, 0.6) is 0 Å². The quantitative estimate of drug-likeness (QED) is 0.710. The summed E-state index contributed by atoms with van der Waals surface area (Å²) in [7, 11) is -3.60. The van der Waals surface area contributed by atoms with Crippen LogP contribution in [0.3, 0.4) is 0 Å². The molecule has 2 aromatic carbocycles. The van der Waals surface area contributed by atoms with Crippen LogP contribution in [0.15, 0.2) is 59.5 Å². The SMILES string of the molecule is C[C@H]([NH2+][C@H](C)C(=O)Nc1cccc(S(=O)(=O)N2CCOCC2)c1)c1ccccc1. The van der Waals surface area contributed by atoms with Gasteiger partial charge in [-0.25, -0.2) is 8.42 Å². The number of hydrogen-bond donors (Lipinski definition) is 2. The first-order chi connectivity index (χ1) is 13.9. The van der Waals surface area contributed by atoms with E-state index in [9.17, 15) is 13.2 Å². The van der Waals surface area contributed by atoms with Crippen molar-refractivity contribution in [3.05, 3.63) is 60.2 Å². The zero-order valence-electron chi connectivity index (χ0n) is 16.7. The van der Waals surface area contributed by atoms with Crippen LogP contribution in [0.4, 0.5) is 5.69 Å². The minimum Gasteiger partial charge on any atom is -0.379 e. The predicted octanol–water partition coefficient (Wildman–Crippen LogP) is 1.36. The lowest BCUT2D eigenvalue weighted by Crippen LogP contribution is -2.91. The number of carbonyl (C=O) groups is 1. The maximum absolute atomic E-state index is 12.8. The van der Waals surface area contributed by atoms with E-state index in [2.05, 4.69) is 12.2 Å². The van der Waals surface area contributed by atoms with E-state index in [1.165, 1.54) is 10.4 Å². The van der Waals surface area contributed by atoms with Crippen molar-refractivity contribution in [1.82, 2.24) is 4.31 Å². The van der Waals surface area contributed by atoms with Gasteiger partial charge in [0.2, 0.25) is 10.0 Å². The van der Waals surface area contributed by atoms with Crippen LogP contribution < -0.4 is 10.6 Å². The summed E-state index contributed by atoms with van der Waals surface area (Å²) >= 11 is 0. The second-order valence-corrected chi connectivity index (χ2v) is 9.15. The number of anilines is 1. The molecule has 3 N–H and O–H groups in total. The molecule has 0 radical (unpaired) electrons. The number of nitrogens with two attached hydrogens (primary N) is 1. The van der Waals surface area contributed by atoms with Gasteiger partial charge in [-0.05, 0) is 32.0 Å². The summed E-state index contributed by atoms with van der Waals surface area (Å²) in [4.78, 5) is 12.8. The number of sulfonamides is 1. The molecule has 1 aliphatic rings. The van der Waals surface area contributed by atoms with Crippen molar-refractivity contribution in [2.24, 2.45) is 0 Å². The number of benzene rings is 2. The van der Waals surface area contributed by atoms with E-state index in [0.29, 0.717) is 32.0 Å². The van der Waals surface area contributed by atoms with Crippen molar-refractivity contribution in [2.75, 3.05) is 31.6 Å². The maximum atomic E-state index is 12.8. The molecule has 2 aromatic rings. The second kappa shape index (κ2) is 9.49. The van der Waals surface area contributed by atoms with Crippen molar-refractivity contribution >= 4 is 21.6 Å². The lowest BCUT2D eigenvalue weighted by molar-refractivity contribution is -0.709. The number of ether oxygens (including phenoxy) is 1. The van der Waals surface area contributed by atoms with Crippen LogP contribution in [-0.2, 0) is 19.6 Å². The summed E-state index contributed by atoms with van der Waals surface area (Å²) < 4.78 is 32.3. The zero-order valence-corrected chi connectivity index (χ0v) is 17.6. The number of amides is 1. The third kappa shape index (κ3) is 5.42. The van der Waals surface area contributed by atoms with E-state index >= 15 is 0 Å². The predicted molar refractivity (Wildman–Crippen MR) is 111 cm³/mol. The van der Waals surface area contributed by atoms with Crippen LogP contribution in [-0.4, -0.2) is 51.0 Å². The molecule has 0 unspecified atom stereocenters. The van der Waals surface area contributed by atoms with Crippen molar-refractivity contribution in [3.8, 4) is 0 Å². The summed E-state index contributed by atoms with van der Waals surface area (Å²) in [5.41, 5.74) is 1.61. The highest BCUT2D eigenvalue weighted by molar-refractivity contribution is 7.89. The average molecular weight is 419 g/mol. The number of quaternary nitrogens is 1. The fraction of sp³-hybridized carbons (Fsp3) is 0.381. The number of nitrogens with one attached hydrogen (secondary N) is 1. The van der Waals surface area contributed by atoms with Gasteiger partial charge in [-0.1, -0.05) is 36.4 Å². The van der Waals surface area contributed by atoms with Gasteiger partial charge < -0.3 is 15.4 Å². The monoisotopic (exact) mass is 418 g/mol. The smallest absolute Gasteiger partial charge is 0.282 e. The fourth-order valence-corrected chi connectivity index (χ4v) is 4.77. The topological polar surface area (TPSA) is 92.3 Å². The highest BCUT2D eigenvalue weighted by Crippen LogP contribution is 2.20. The molecule has 0 saturated carbocycles. The van der Waals surface area contributed by atoms with E-state index in [4.69, 9.17) is 4.74 Å². The summed E-state index contributed by atoms with van der Waals surface area (Å²) in [5.74, 6) is -0.172. The first kappa shape index (κ1) is 21.4. The second-order valence-electron chi connectivity index (χ2n) is 7.21.